The minimum atomic E-state index is -0.539. The maximum absolute atomic E-state index is 13.4. The number of benzene rings is 2. The highest BCUT2D eigenvalue weighted by molar-refractivity contribution is 5.96. The predicted molar refractivity (Wildman–Crippen MR) is 110 cm³/mol. The molecule has 2 aromatic rings. The smallest absolute Gasteiger partial charge is 0.268 e. The van der Waals surface area contributed by atoms with E-state index in [4.69, 9.17) is 10.00 Å². The summed E-state index contributed by atoms with van der Waals surface area (Å²) in [5, 5.41) is 12.4. The normalized spacial score (nSPS) is 16.9. The number of nitrogens with zero attached hydrogens (tertiary/aromatic N) is 2. The highest BCUT2D eigenvalue weighted by Gasteiger charge is 2.29. The van der Waals surface area contributed by atoms with Gasteiger partial charge < -0.3 is 15.0 Å². The summed E-state index contributed by atoms with van der Waals surface area (Å²) >= 11 is 0. The van der Waals surface area contributed by atoms with Crippen LogP contribution in [-0.2, 0) is 11.2 Å². The van der Waals surface area contributed by atoms with Crippen LogP contribution in [0.25, 0.3) is 0 Å². The SMILES string of the molecule is CCC(Oc1ccccc1)C(=O)N(C[C@H]1CCCN1)c1ccc(CC#N)cc1. The van der Waals surface area contributed by atoms with Crippen molar-refractivity contribution in [2.24, 2.45) is 0 Å². The Morgan fingerprint density at radius 2 is 2.00 bits per heavy atom. The fraction of sp³-hybridized carbons (Fsp3) is 0.391. The Kier molecular flexibility index (Phi) is 7.05. The maximum atomic E-state index is 13.4. The van der Waals surface area contributed by atoms with Crippen LogP contribution in [0.15, 0.2) is 54.6 Å². The zero-order chi connectivity index (χ0) is 19.8. The van der Waals surface area contributed by atoms with Crippen LogP contribution in [-0.4, -0.2) is 31.1 Å². The summed E-state index contributed by atoms with van der Waals surface area (Å²) in [7, 11) is 0. The lowest BCUT2D eigenvalue weighted by Crippen LogP contribution is -2.47. The highest BCUT2D eigenvalue weighted by Crippen LogP contribution is 2.22. The molecule has 1 N–H and O–H groups in total. The van der Waals surface area contributed by atoms with Crippen molar-refractivity contribution in [3.05, 3.63) is 60.2 Å². The van der Waals surface area contributed by atoms with Gasteiger partial charge in [0.15, 0.2) is 6.10 Å². The summed E-state index contributed by atoms with van der Waals surface area (Å²) in [5.41, 5.74) is 1.79. The Labute approximate surface area is 166 Å². The summed E-state index contributed by atoms with van der Waals surface area (Å²) in [6, 6.07) is 19.6. The van der Waals surface area contributed by atoms with Crippen LogP contribution >= 0.6 is 0 Å². The van der Waals surface area contributed by atoms with E-state index in [2.05, 4.69) is 11.4 Å². The predicted octanol–water partition coefficient (Wildman–Crippen LogP) is 3.70. The number of rotatable bonds is 8. The van der Waals surface area contributed by atoms with Crippen molar-refractivity contribution < 1.29 is 9.53 Å². The van der Waals surface area contributed by atoms with Crippen LogP contribution in [0, 0.1) is 11.3 Å². The lowest BCUT2D eigenvalue weighted by molar-refractivity contribution is -0.125. The molecule has 2 aromatic carbocycles. The molecular weight excluding hydrogens is 350 g/mol. The topological polar surface area (TPSA) is 65.4 Å². The maximum Gasteiger partial charge on any atom is 0.268 e. The minimum Gasteiger partial charge on any atom is -0.481 e. The first-order valence-corrected chi connectivity index (χ1v) is 9.93. The largest absolute Gasteiger partial charge is 0.481 e. The van der Waals surface area contributed by atoms with Gasteiger partial charge in [0.2, 0.25) is 0 Å². The Balaban J connectivity index is 1.81. The summed E-state index contributed by atoms with van der Waals surface area (Å²) < 4.78 is 6.00. The second kappa shape index (κ2) is 9.91. The summed E-state index contributed by atoms with van der Waals surface area (Å²) in [6.45, 7) is 3.57. The number of carbonyl (C=O) groups is 1. The molecule has 146 valence electrons. The van der Waals surface area contributed by atoms with Crippen molar-refractivity contribution in [3.63, 3.8) is 0 Å². The molecule has 0 aliphatic carbocycles. The van der Waals surface area contributed by atoms with Crippen molar-refractivity contribution in [2.75, 3.05) is 18.0 Å². The third kappa shape index (κ3) is 5.11. The van der Waals surface area contributed by atoms with Crippen LogP contribution < -0.4 is 15.0 Å². The average Bonchev–Trinajstić information content (AvgIpc) is 3.25. The first-order valence-electron chi connectivity index (χ1n) is 9.93. The van der Waals surface area contributed by atoms with Crippen LogP contribution in [0.1, 0.15) is 31.7 Å². The molecule has 5 heteroatoms. The van der Waals surface area contributed by atoms with Gasteiger partial charge in [-0.05, 0) is 55.6 Å². The van der Waals surface area contributed by atoms with Crippen LogP contribution in [0.4, 0.5) is 5.69 Å². The van der Waals surface area contributed by atoms with Gasteiger partial charge in [0.25, 0.3) is 5.91 Å². The number of para-hydroxylation sites is 1. The first-order chi connectivity index (χ1) is 13.7. The number of hydrogen-bond donors (Lipinski definition) is 1. The molecule has 1 fully saturated rings. The van der Waals surface area contributed by atoms with Gasteiger partial charge in [-0.2, -0.15) is 5.26 Å². The van der Waals surface area contributed by atoms with E-state index in [-0.39, 0.29) is 11.9 Å². The number of carbonyl (C=O) groups excluding carboxylic acids is 1. The quantitative estimate of drug-likeness (QED) is 0.762. The van der Waals surface area contributed by atoms with Gasteiger partial charge in [-0.3, -0.25) is 4.79 Å². The van der Waals surface area contributed by atoms with Crippen molar-refractivity contribution in [2.45, 2.75) is 44.8 Å². The Bertz CT molecular complexity index is 793. The standard InChI is InChI=1S/C23H27N3O2/c1-2-22(28-21-8-4-3-5-9-21)23(27)26(17-19-7-6-16-25-19)20-12-10-18(11-13-20)14-15-24/h3-5,8-13,19,22,25H,2,6-7,14,16-17H2,1H3/t19-,22?/m1/s1. The highest BCUT2D eigenvalue weighted by atomic mass is 16.5. The molecule has 28 heavy (non-hydrogen) atoms. The van der Waals surface area contributed by atoms with Crippen molar-refractivity contribution in [1.29, 1.82) is 5.26 Å². The van der Waals surface area contributed by atoms with E-state index in [0.717, 1.165) is 30.6 Å². The average molecular weight is 377 g/mol. The van der Waals surface area contributed by atoms with E-state index >= 15 is 0 Å². The molecule has 2 atom stereocenters. The molecule has 1 heterocycles. The Morgan fingerprint density at radius 1 is 1.25 bits per heavy atom. The van der Waals surface area contributed by atoms with Crippen molar-refractivity contribution in [3.8, 4) is 11.8 Å². The molecule has 1 aliphatic heterocycles. The molecule has 0 saturated carbocycles. The molecule has 1 saturated heterocycles. The molecule has 1 unspecified atom stereocenters. The Hall–Kier alpha value is -2.84. The minimum absolute atomic E-state index is 0.0342. The molecule has 0 aromatic heterocycles. The molecule has 3 rings (SSSR count). The van der Waals surface area contributed by atoms with E-state index in [1.54, 1.807) is 0 Å². The lowest BCUT2D eigenvalue weighted by Gasteiger charge is -2.30. The van der Waals surface area contributed by atoms with Crippen LogP contribution in [0.5, 0.6) is 5.75 Å². The lowest BCUT2D eigenvalue weighted by atomic mass is 10.1. The van der Waals surface area contributed by atoms with Crippen LogP contribution in [0.2, 0.25) is 0 Å². The van der Waals surface area contributed by atoms with Gasteiger partial charge in [0.1, 0.15) is 5.75 Å². The summed E-state index contributed by atoms with van der Waals surface area (Å²) in [5.74, 6) is 0.666. The van der Waals surface area contributed by atoms with Gasteiger partial charge in [-0.15, -0.1) is 0 Å². The third-order valence-electron chi connectivity index (χ3n) is 5.03. The van der Waals surface area contributed by atoms with E-state index in [1.165, 1.54) is 0 Å². The number of hydrogen-bond acceptors (Lipinski definition) is 4. The second-order valence-electron chi connectivity index (χ2n) is 7.07. The summed E-state index contributed by atoms with van der Waals surface area (Å²) in [4.78, 5) is 15.2. The first kappa shape index (κ1) is 19.9. The second-order valence-corrected chi connectivity index (χ2v) is 7.07. The van der Waals surface area contributed by atoms with E-state index in [0.29, 0.717) is 25.1 Å². The Morgan fingerprint density at radius 3 is 2.61 bits per heavy atom. The molecule has 0 radical (unpaired) electrons. The third-order valence-corrected chi connectivity index (χ3v) is 5.03. The number of nitriles is 1. The monoisotopic (exact) mass is 377 g/mol. The van der Waals surface area contributed by atoms with E-state index in [1.807, 2.05) is 66.4 Å². The number of amides is 1. The van der Waals surface area contributed by atoms with Gasteiger partial charge in [0, 0.05) is 18.3 Å². The van der Waals surface area contributed by atoms with Gasteiger partial charge in [-0.25, -0.2) is 0 Å². The summed E-state index contributed by atoms with van der Waals surface area (Å²) in [6.07, 6.45) is 2.61. The fourth-order valence-electron chi connectivity index (χ4n) is 3.49. The van der Waals surface area contributed by atoms with Crippen molar-refractivity contribution >= 4 is 11.6 Å². The van der Waals surface area contributed by atoms with Crippen LogP contribution in [0.3, 0.4) is 0 Å². The molecule has 1 amide bonds. The zero-order valence-electron chi connectivity index (χ0n) is 16.3. The molecular formula is C23H27N3O2. The van der Waals surface area contributed by atoms with Gasteiger partial charge in [0.05, 0.1) is 12.5 Å². The van der Waals surface area contributed by atoms with E-state index < -0.39 is 6.10 Å². The fourth-order valence-corrected chi connectivity index (χ4v) is 3.49. The van der Waals surface area contributed by atoms with Gasteiger partial charge >= 0.3 is 0 Å². The van der Waals surface area contributed by atoms with Crippen molar-refractivity contribution in [1.82, 2.24) is 5.32 Å². The number of anilines is 1. The molecule has 0 bridgehead atoms. The molecule has 5 nitrogen and oxygen atoms in total. The van der Waals surface area contributed by atoms with Gasteiger partial charge in [-0.1, -0.05) is 37.3 Å². The number of ether oxygens (including phenoxy) is 1. The zero-order valence-corrected chi connectivity index (χ0v) is 16.3. The number of nitrogens with one attached hydrogen (secondary N) is 1. The molecule has 1 aliphatic rings. The molecule has 0 spiro atoms. The van der Waals surface area contributed by atoms with E-state index in [9.17, 15) is 4.79 Å².